The van der Waals surface area contributed by atoms with E-state index in [-0.39, 0.29) is 5.91 Å². The van der Waals surface area contributed by atoms with Crippen molar-refractivity contribution < 1.29 is 4.79 Å². The minimum atomic E-state index is -0.0996. The second kappa shape index (κ2) is 9.34. The molecule has 1 heterocycles. The van der Waals surface area contributed by atoms with Gasteiger partial charge in [0.25, 0.3) is 0 Å². The number of benzene rings is 2. The lowest BCUT2D eigenvalue weighted by Crippen LogP contribution is -2.20. The molecule has 27 heavy (non-hydrogen) atoms. The molecule has 0 spiro atoms. The summed E-state index contributed by atoms with van der Waals surface area (Å²) in [5.41, 5.74) is 4.54. The molecule has 1 aromatic heterocycles. The van der Waals surface area contributed by atoms with Gasteiger partial charge in [0.15, 0.2) is 0 Å². The zero-order chi connectivity index (χ0) is 18.9. The third-order valence-electron chi connectivity index (χ3n) is 4.19. The van der Waals surface area contributed by atoms with Crippen LogP contribution in [0, 0.1) is 0 Å². The fourth-order valence-electron chi connectivity index (χ4n) is 2.82. The van der Waals surface area contributed by atoms with Crippen molar-refractivity contribution in [2.45, 2.75) is 20.0 Å². The standard InChI is InChI=1S/C23H23N3O/c1-2-3-4-10-23(27)24-17-21-8-5-6-9-22(21)20-13-11-19(12-14-20)18-26-16-7-15-25-26/h2-16H,17-18H2,1H3,(H,24,27). The molecule has 0 aliphatic heterocycles. The van der Waals surface area contributed by atoms with Gasteiger partial charge in [0.05, 0.1) is 6.54 Å². The Morgan fingerprint density at radius 1 is 1.07 bits per heavy atom. The molecule has 1 N–H and O–H groups in total. The van der Waals surface area contributed by atoms with Crippen LogP contribution in [0.5, 0.6) is 0 Å². The zero-order valence-corrected chi connectivity index (χ0v) is 15.4. The highest BCUT2D eigenvalue weighted by molar-refractivity contribution is 5.87. The summed E-state index contributed by atoms with van der Waals surface area (Å²) < 4.78 is 1.90. The number of nitrogens with one attached hydrogen (secondary N) is 1. The highest BCUT2D eigenvalue weighted by Crippen LogP contribution is 2.24. The van der Waals surface area contributed by atoms with Gasteiger partial charge in [-0.3, -0.25) is 9.48 Å². The molecule has 4 heteroatoms. The quantitative estimate of drug-likeness (QED) is 0.505. The van der Waals surface area contributed by atoms with Crippen LogP contribution in [0.3, 0.4) is 0 Å². The Bertz CT molecular complexity index is 923. The Morgan fingerprint density at radius 2 is 1.89 bits per heavy atom. The molecule has 0 saturated carbocycles. The van der Waals surface area contributed by atoms with Gasteiger partial charge in [0.2, 0.25) is 5.91 Å². The summed E-state index contributed by atoms with van der Waals surface area (Å²) in [6.07, 6.45) is 10.7. The number of rotatable bonds is 7. The monoisotopic (exact) mass is 357 g/mol. The third kappa shape index (κ3) is 5.28. The van der Waals surface area contributed by atoms with E-state index in [1.54, 1.807) is 12.3 Å². The number of carbonyl (C=O) groups is 1. The molecule has 3 aromatic rings. The summed E-state index contributed by atoms with van der Waals surface area (Å²) in [5.74, 6) is -0.0996. The number of allylic oxidation sites excluding steroid dienone is 3. The molecule has 0 unspecified atom stereocenters. The first-order valence-electron chi connectivity index (χ1n) is 8.98. The van der Waals surface area contributed by atoms with Crippen LogP contribution in [0.15, 0.2) is 91.3 Å². The van der Waals surface area contributed by atoms with Gasteiger partial charge < -0.3 is 5.32 Å². The van der Waals surface area contributed by atoms with Crippen LogP contribution in [0.1, 0.15) is 18.1 Å². The maximum Gasteiger partial charge on any atom is 0.244 e. The van der Waals surface area contributed by atoms with Gasteiger partial charge in [-0.1, -0.05) is 66.8 Å². The summed E-state index contributed by atoms with van der Waals surface area (Å²) in [7, 11) is 0. The molecule has 0 aliphatic rings. The summed E-state index contributed by atoms with van der Waals surface area (Å²) in [6.45, 7) is 3.16. The minimum Gasteiger partial charge on any atom is -0.348 e. The molecule has 1 amide bonds. The van der Waals surface area contributed by atoms with Crippen molar-refractivity contribution in [2.75, 3.05) is 0 Å². The number of aromatic nitrogens is 2. The van der Waals surface area contributed by atoms with E-state index in [4.69, 9.17) is 0 Å². The predicted molar refractivity (Wildman–Crippen MR) is 109 cm³/mol. The molecule has 0 atom stereocenters. The van der Waals surface area contributed by atoms with E-state index >= 15 is 0 Å². The van der Waals surface area contributed by atoms with Gasteiger partial charge in [-0.25, -0.2) is 0 Å². The molecular weight excluding hydrogens is 334 g/mol. The molecule has 0 radical (unpaired) electrons. The first-order chi connectivity index (χ1) is 13.3. The first kappa shape index (κ1) is 18.4. The van der Waals surface area contributed by atoms with Crippen molar-refractivity contribution in [3.8, 4) is 11.1 Å². The minimum absolute atomic E-state index is 0.0996. The van der Waals surface area contributed by atoms with Crippen molar-refractivity contribution in [1.29, 1.82) is 0 Å². The smallest absolute Gasteiger partial charge is 0.244 e. The van der Waals surface area contributed by atoms with Crippen LogP contribution in [0.25, 0.3) is 11.1 Å². The van der Waals surface area contributed by atoms with E-state index in [0.717, 1.165) is 23.2 Å². The van der Waals surface area contributed by atoms with Gasteiger partial charge in [0, 0.05) is 25.0 Å². The summed E-state index contributed by atoms with van der Waals surface area (Å²) >= 11 is 0. The SMILES string of the molecule is CC=CC=CC(=O)NCc1ccccc1-c1ccc(Cn2cccn2)cc1. The lowest BCUT2D eigenvalue weighted by atomic mass is 9.98. The van der Waals surface area contributed by atoms with E-state index in [1.165, 1.54) is 11.6 Å². The van der Waals surface area contributed by atoms with Crippen LogP contribution in [-0.4, -0.2) is 15.7 Å². The highest BCUT2D eigenvalue weighted by Gasteiger charge is 2.06. The van der Waals surface area contributed by atoms with Crippen molar-refractivity contribution in [2.24, 2.45) is 0 Å². The van der Waals surface area contributed by atoms with Gasteiger partial charge in [-0.05, 0) is 35.2 Å². The van der Waals surface area contributed by atoms with E-state index < -0.39 is 0 Å². The number of hydrogen-bond donors (Lipinski definition) is 1. The van der Waals surface area contributed by atoms with E-state index in [1.807, 2.05) is 54.2 Å². The normalized spacial score (nSPS) is 11.3. The third-order valence-corrected chi connectivity index (χ3v) is 4.19. The Balaban J connectivity index is 1.70. The largest absolute Gasteiger partial charge is 0.348 e. The molecule has 4 nitrogen and oxygen atoms in total. The molecule has 0 bridgehead atoms. The van der Waals surface area contributed by atoms with Gasteiger partial charge in [0.1, 0.15) is 0 Å². The van der Waals surface area contributed by atoms with Crippen LogP contribution in [0.4, 0.5) is 0 Å². The number of hydrogen-bond acceptors (Lipinski definition) is 2. The van der Waals surface area contributed by atoms with Crippen molar-refractivity contribution in [3.05, 3.63) is 102 Å². The Kier molecular flexibility index (Phi) is 6.36. The Morgan fingerprint density at radius 3 is 2.63 bits per heavy atom. The average molecular weight is 357 g/mol. The molecule has 0 saturated heterocycles. The van der Waals surface area contributed by atoms with Crippen molar-refractivity contribution in [3.63, 3.8) is 0 Å². The Labute approximate surface area is 159 Å². The number of amides is 1. The fourth-order valence-corrected chi connectivity index (χ4v) is 2.82. The average Bonchev–Trinajstić information content (AvgIpc) is 3.20. The number of nitrogens with zero attached hydrogens (tertiary/aromatic N) is 2. The number of carbonyl (C=O) groups excluding carboxylic acids is 1. The zero-order valence-electron chi connectivity index (χ0n) is 15.4. The topological polar surface area (TPSA) is 46.9 Å². The van der Waals surface area contributed by atoms with E-state index in [2.05, 4.69) is 40.7 Å². The lowest BCUT2D eigenvalue weighted by Gasteiger charge is -2.11. The van der Waals surface area contributed by atoms with Crippen LogP contribution in [0.2, 0.25) is 0 Å². The maximum atomic E-state index is 11.9. The highest BCUT2D eigenvalue weighted by atomic mass is 16.1. The second-order valence-electron chi connectivity index (χ2n) is 6.16. The molecule has 2 aromatic carbocycles. The molecule has 136 valence electrons. The van der Waals surface area contributed by atoms with Gasteiger partial charge >= 0.3 is 0 Å². The summed E-state index contributed by atoms with van der Waals surface area (Å²) in [5, 5.41) is 7.18. The predicted octanol–water partition coefficient (Wildman–Crippen LogP) is 4.35. The van der Waals surface area contributed by atoms with E-state index in [0.29, 0.717) is 6.54 Å². The summed E-state index contributed by atoms with van der Waals surface area (Å²) in [4.78, 5) is 11.9. The second-order valence-corrected chi connectivity index (χ2v) is 6.16. The maximum absolute atomic E-state index is 11.9. The van der Waals surface area contributed by atoms with Crippen molar-refractivity contribution in [1.82, 2.24) is 15.1 Å². The molecule has 3 rings (SSSR count). The van der Waals surface area contributed by atoms with E-state index in [9.17, 15) is 4.79 Å². The first-order valence-corrected chi connectivity index (χ1v) is 8.98. The van der Waals surface area contributed by atoms with Crippen LogP contribution in [-0.2, 0) is 17.9 Å². The summed E-state index contributed by atoms with van der Waals surface area (Å²) in [6, 6.07) is 18.5. The molecule has 0 fully saturated rings. The van der Waals surface area contributed by atoms with Crippen molar-refractivity contribution >= 4 is 5.91 Å². The molecular formula is C23H23N3O. The fraction of sp³-hybridized carbons (Fsp3) is 0.130. The van der Waals surface area contributed by atoms with Crippen LogP contribution < -0.4 is 5.32 Å². The van der Waals surface area contributed by atoms with Gasteiger partial charge in [-0.15, -0.1) is 0 Å². The molecule has 0 aliphatic carbocycles. The Hall–Kier alpha value is -3.40. The lowest BCUT2D eigenvalue weighted by molar-refractivity contribution is -0.116. The van der Waals surface area contributed by atoms with Crippen LogP contribution >= 0.6 is 0 Å². The van der Waals surface area contributed by atoms with Gasteiger partial charge in [-0.2, -0.15) is 5.10 Å².